The minimum absolute atomic E-state index is 0. The van der Waals surface area contributed by atoms with Gasteiger partial charge in [0.25, 0.3) is 5.91 Å². The van der Waals surface area contributed by atoms with Crippen LogP contribution in [0, 0.1) is 0 Å². The molecule has 1 saturated heterocycles. The summed E-state index contributed by atoms with van der Waals surface area (Å²) in [6, 6.07) is 4.55. The van der Waals surface area contributed by atoms with Gasteiger partial charge in [-0.05, 0) is 19.2 Å². The second kappa shape index (κ2) is 8.68. The first kappa shape index (κ1) is 21.1. The third-order valence-electron chi connectivity index (χ3n) is 4.17. The summed E-state index contributed by atoms with van der Waals surface area (Å²) in [4.78, 5) is 18.4. The minimum Gasteiger partial charge on any atom is -0.343 e. The number of hydrogen-bond acceptors (Lipinski definition) is 6. The maximum Gasteiger partial charge on any atom is 0.417 e. The zero-order valence-corrected chi connectivity index (χ0v) is 15.2. The fraction of sp³-hybridized carbons (Fsp3) is 0.438. The first-order valence-corrected chi connectivity index (χ1v) is 8.04. The van der Waals surface area contributed by atoms with E-state index in [2.05, 4.69) is 25.7 Å². The molecule has 2 N–H and O–H groups in total. The van der Waals surface area contributed by atoms with E-state index in [9.17, 15) is 18.0 Å². The first-order chi connectivity index (χ1) is 12.4. The van der Waals surface area contributed by atoms with Crippen LogP contribution < -0.4 is 10.6 Å². The van der Waals surface area contributed by atoms with Crippen molar-refractivity contribution >= 4 is 18.3 Å². The minimum atomic E-state index is -4.61. The molecule has 11 heteroatoms. The topological polar surface area (TPSA) is 83.3 Å². The second-order valence-corrected chi connectivity index (χ2v) is 5.97. The Hall–Kier alpha value is -2.17. The van der Waals surface area contributed by atoms with Crippen LogP contribution in [0.3, 0.4) is 0 Å². The third kappa shape index (κ3) is 4.96. The molecule has 0 radical (unpaired) electrons. The van der Waals surface area contributed by atoms with Crippen molar-refractivity contribution in [1.29, 1.82) is 0 Å². The SMILES string of the molecule is CN1CCNCC1c1noc(CNC(=O)c2ccccc2C(F)(F)F)n1.Cl. The molecule has 7 nitrogen and oxygen atoms in total. The predicted octanol–water partition coefficient (Wildman–Crippen LogP) is 2.02. The van der Waals surface area contributed by atoms with E-state index in [1.54, 1.807) is 0 Å². The number of carbonyl (C=O) groups excluding carboxylic acids is 1. The Balaban J connectivity index is 0.00000261. The number of piperazine rings is 1. The van der Waals surface area contributed by atoms with E-state index >= 15 is 0 Å². The van der Waals surface area contributed by atoms with Crippen LogP contribution in [0.15, 0.2) is 28.8 Å². The Bertz CT molecular complexity index is 783. The summed E-state index contributed by atoms with van der Waals surface area (Å²) < 4.78 is 44.1. The summed E-state index contributed by atoms with van der Waals surface area (Å²) in [5, 5.41) is 9.51. The zero-order valence-electron chi connectivity index (χ0n) is 14.4. The smallest absolute Gasteiger partial charge is 0.343 e. The first-order valence-electron chi connectivity index (χ1n) is 8.04. The standard InChI is InChI=1S/C16H18F3N5O2.ClH/c1-24-7-6-20-8-12(24)14-22-13(26-23-14)9-21-15(25)10-4-2-3-5-11(10)16(17,18)19;/h2-5,12,20H,6-9H2,1H3,(H,21,25);1H. The average molecular weight is 406 g/mol. The highest BCUT2D eigenvalue weighted by Crippen LogP contribution is 2.31. The molecule has 0 bridgehead atoms. The van der Waals surface area contributed by atoms with Crippen molar-refractivity contribution in [3.05, 3.63) is 47.1 Å². The lowest BCUT2D eigenvalue weighted by Crippen LogP contribution is -2.44. The average Bonchev–Trinajstić information content (AvgIpc) is 3.08. The summed E-state index contributed by atoms with van der Waals surface area (Å²) in [6.07, 6.45) is -4.61. The maximum absolute atomic E-state index is 13.0. The van der Waals surface area contributed by atoms with Crippen LogP contribution in [0.25, 0.3) is 0 Å². The van der Waals surface area contributed by atoms with Gasteiger partial charge in [0, 0.05) is 19.6 Å². The van der Waals surface area contributed by atoms with Crippen LogP contribution in [0.5, 0.6) is 0 Å². The largest absolute Gasteiger partial charge is 0.417 e. The molecule has 1 aliphatic rings. The van der Waals surface area contributed by atoms with Crippen LogP contribution in [0.1, 0.15) is 33.7 Å². The van der Waals surface area contributed by atoms with Crippen LogP contribution in [0.2, 0.25) is 0 Å². The molecule has 148 valence electrons. The summed E-state index contributed by atoms with van der Waals surface area (Å²) in [5.74, 6) is -0.245. The molecule has 2 heterocycles. The number of alkyl halides is 3. The molecule has 0 spiro atoms. The van der Waals surface area contributed by atoms with Crippen molar-refractivity contribution in [2.24, 2.45) is 0 Å². The predicted molar refractivity (Wildman–Crippen MR) is 92.4 cm³/mol. The lowest BCUT2D eigenvalue weighted by molar-refractivity contribution is -0.137. The van der Waals surface area contributed by atoms with E-state index in [1.165, 1.54) is 12.1 Å². The number of halogens is 4. The Morgan fingerprint density at radius 3 is 2.85 bits per heavy atom. The Kier molecular flexibility index (Phi) is 6.79. The summed E-state index contributed by atoms with van der Waals surface area (Å²) >= 11 is 0. The zero-order chi connectivity index (χ0) is 18.7. The summed E-state index contributed by atoms with van der Waals surface area (Å²) in [6.45, 7) is 2.22. The molecule has 1 unspecified atom stereocenters. The maximum atomic E-state index is 13.0. The molecule has 1 aromatic carbocycles. The molecule has 1 atom stereocenters. The van der Waals surface area contributed by atoms with E-state index in [0.717, 1.165) is 25.2 Å². The Labute approximate surface area is 159 Å². The van der Waals surface area contributed by atoms with Crippen molar-refractivity contribution in [3.8, 4) is 0 Å². The quantitative estimate of drug-likeness (QED) is 0.809. The molecule has 2 aromatic rings. The van der Waals surface area contributed by atoms with Gasteiger partial charge in [-0.1, -0.05) is 17.3 Å². The number of amides is 1. The van der Waals surface area contributed by atoms with Crippen molar-refractivity contribution in [3.63, 3.8) is 0 Å². The lowest BCUT2D eigenvalue weighted by Gasteiger charge is -2.30. The lowest BCUT2D eigenvalue weighted by atomic mass is 10.1. The summed E-state index contributed by atoms with van der Waals surface area (Å²) in [5.41, 5.74) is -1.44. The van der Waals surface area contributed by atoms with Gasteiger partial charge >= 0.3 is 6.18 Å². The molecule has 1 fully saturated rings. The van der Waals surface area contributed by atoms with Gasteiger partial charge in [-0.2, -0.15) is 18.2 Å². The number of nitrogens with one attached hydrogen (secondary N) is 2. The number of aromatic nitrogens is 2. The summed E-state index contributed by atoms with van der Waals surface area (Å²) in [7, 11) is 1.94. The van der Waals surface area contributed by atoms with Crippen molar-refractivity contribution < 1.29 is 22.5 Å². The third-order valence-corrected chi connectivity index (χ3v) is 4.17. The van der Waals surface area contributed by atoms with Crippen LogP contribution >= 0.6 is 12.4 Å². The van der Waals surface area contributed by atoms with Gasteiger partial charge < -0.3 is 15.2 Å². The highest BCUT2D eigenvalue weighted by molar-refractivity contribution is 5.95. The Morgan fingerprint density at radius 1 is 1.41 bits per heavy atom. The van der Waals surface area contributed by atoms with E-state index in [-0.39, 0.29) is 30.9 Å². The normalized spacial score (nSPS) is 18.0. The molecule has 27 heavy (non-hydrogen) atoms. The van der Waals surface area contributed by atoms with Gasteiger partial charge in [-0.15, -0.1) is 12.4 Å². The number of benzene rings is 1. The van der Waals surface area contributed by atoms with Gasteiger partial charge in [0.1, 0.15) is 0 Å². The van der Waals surface area contributed by atoms with Gasteiger partial charge in [-0.3, -0.25) is 9.69 Å². The number of rotatable bonds is 4. The molecular formula is C16H19ClF3N5O2. The van der Waals surface area contributed by atoms with E-state index < -0.39 is 23.2 Å². The van der Waals surface area contributed by atoms with Crippen molar-refractivity contribution in [2.75, 3.05) is 26.7 Å². The molecule has 0 saturated carbocycles. The number of hydrogen-bond donors (Lipinski definition) is 2. The monoisotopic (exact) mass is 405 g/mol. The van der Waals surface area contributed by atoms with Crippen molar-refractivity contribution in [2.45, 2.75) is 18.8 Å². The molecule has 3 rings (SSSR count). The second-order valence-electron chi connectivity index (χ2n) is 5.97. The van der Waals surface area contributed by atoms with Crippen LogP contribution in [0.4, 0.5) is 13.2 Å². The van der Waals surface area contributed by atoms with E-state index in [4.69, 9.17) is 4.52 Å². The van der Waals surface area contributed by atoms with Crippen LogP contribution in [-0.4, -0.2) is 47.6 Å². The van der Waals surface area contributed by atoms with Crippen LogP contribution in [-0.2, 0) is 12.7 Å². The molecular weight excluding hydrogens is 387 g/mol. The van der Waals surface area contributed by atoms with E-state index in [0.29, 0.717) is 12.4 Å². The molecule has 1 aliphatic heterocycles. The fourth-order valence-corrected chi connectivity index (χ4v) is 2.75. The number of nitrogens with zero attached hydrogens (tertiary/aromatic N) is 3. The van der Waals surface area contributed by atoms with Gasteiger partial charge in [0.15, 0.2) is 5.82 Å². The highest BCUT2D eigenvalue weighted by atomic mass is 35.5. The fourth-order valence-electron chi connectivity index (χ4n) is 2.75. The Morgan fingerprint density at radius 2 is 2.15 bits per heavy atom. The number of carbonyl (C=O) groups is 1. The number of likely N-dealkylation sites (N-methyl/N-ethyl adjacent to an activating group) is 1. The molecule has 0 aliphatic carbocycles. The molecule has 1 amide bonds. The van der Waals surface area contributed by atoms with Gasteiger partial charge in [0.2, 0.25) is 5.89 Å². The van der Waals surface area contributed by atoms with E-state index in [1.807, 2.05) is 7.05 Å². The van der Waals surface area contributed by atoms with Crippen molar-refractivity contribution in [1.82, 2.24) is 25.7 Å². The highest BCUT2D eigenvalue weighted by Gasteiger charge is 2.34. The van der Waals surface area contributed by atoms with Gasteiger partial charge in [-0.25, -0.2) is 0 Å². The van der Waals surface area contributed by atoms with Gasteiger partial charge in [0.05, 0.1) is 23.7 Å². The molecule has 1 aromatic heterocycles.